The molecule has 0 bridgehead atoms. The lowest BCUT2D eigenvalue weighted by Crippen LogP contribution is -2.08. The molecule has 22 heavy (non-hydrogen) atoms. The van der Waals surface area contributed by atoms with Gasteiger partial charge in [-0.2, -0.15) is 0 Å². The van der Waals surface area contributed by atoms with Crippen LogP contribution in [0.25, 0.3) is 11.1 Å². The number of hydrogen-bond acceptors (Lipinski definition) is 2. The Labute approximate surface area is 134 Å². The largest absolute Gasteiger partial charge is 0.378 e. The van der Waals surface area contributed by atoms with Crippen molar-refractivity contribution in [1.82, 2.24) is 0 Å². The highest BCUT2D eigenvalue weighted by molar-refractivity contribution is 5.89. The van der Waals surface area contributed by atoms with E-state index in [0.29, 0.717) is 0 Å². The first-order valence-corrected chi connectivity index (χ1v) is 7.63. The molecule has 0 aliphatic heterocycles. The van der Waals surface area contributed by atoms with Gasteiger partial charge in [0, 0.05) is 39.6 Å². The average Bonchev–Trinajstić information content (AvgIpc) is 2.53. The number of benzene rings is 2. The van der Waals surface area contributed by atoms with E-state index in [1.165, 1.54) is 33.6 Å². The Morgan fingerprint density at radius 3 is 1.05 bits per heavy atom. The smallest absolute Gasteiger partial charge is 0.0361 e. The lowest BCUT2D eigenvalue weighted by Gasteiger charge is -2.15. The van der Waals surface area contributed by atoms with Gasteiger partial charge >= 0.3 is 0 Å². The first-order chi connectivity index (χ1) is 10.4. The van der Waals surface area contributed by atoms with E-state index in [-0.39, 0.29) is 0 Å². The predicted molar refractivity (Wildman–Crippen MR) is 99.7 cm³/mol. The van der Waals surface area contributed by atoms with Crippen LogP contribution in [0.2, 0.25) is 0 Å². The Morgan fingerprint density at radius 1 is 0.545 bits per heavy atom. The maximum atomic E-state index is 2.20. The van der Waals surface area contributed by atoms with Gasteiger partial charge in [0.25, 0.3) is 0 Å². The van der Waals surface area contributed by atoms with Crippen LogP contribution < -0.4 is 9.80 Å². The third-order valence-corrected chi connectivity index (χ3v) is 4.20. The minimum absolute atomic E-state index is 1.23. The van der Waals surface area contributed by atoms with Gasteiger partial charge in [-0.25, -0.2) is 0 Å². The third-order valence-electron chi connectivity index (χ3n) is 4.20. The molecule has 0 aliphatic rings. The zero-order valence-corrected chi connectivity index (χ0v) is 14.5. The van der Waals surface area contributed by atoms with Gasteiger partial charge in [0.05, 0.1) is 0 Å². The molecular formula is C20H26N2. The van der Waals surface area contributed by atoms with E-state index in [2.05, 4.69) is 100 Å². The van der Waals surface area contributed by atoms with Crippen molar-refractivity contribution in [2.45, 2.75) is 13.8 Å². The number of hydrogen-bond donors (Lipinski definition) is 0. The first-order valence-electron chi connectivity index (χ1n) is 7.63. The van der Waals surface area contributed by atoms with Crippen LogP contribution >= 0.6 is 0 Å². The summed E-state index contributed by atoms with van der Waals surface area (Å²) in [4.78, 5) is 4.24. The Balaban J connectivity index is 2.31. The fourth-order valence-corrected chi connectivity index (χ4v) is 2.45. The minimum atomic E-state index is 1.23. The summed E-state index contributed by atoms with van der Waals surface area (Å²) < 4.78 is 0. The van der Waals surface area contributed by atoms with E-state index in [0.717, 1.165) is 0 Å². The summed E-state index contributed by atoms with van der Waals surface area (Å²) in [5.41, 5.74) is 7.65. The topological polar surface area (TPSA) is 6.48 Å². The van der Waals surface area contributed by atoms with E-state index >= 15 is 0 Å². The van der Waals surface area contributed by atoms with Crippen LogP contribution in [0.1, 0.15) is 25.0 Å². The Kier molecular flexibility index (Phi) is 4.92. The van der Waals surface area contributed by atoms with E-state index in [4.69, 9.17) is 0 Å². The molecule has 116 valence electrons. The summed E-state index contributed by atoms with van der Waals surface area (Å²) in [6.07, 6.45) is 0. The quantitative estimate of drug-likeness (QED) is 0.749. The summed E-state index contributed by atoms with van der Waals surface area (Å²) in [5.74, 6) is 0. The monoisotopic (exact) mass is 294 g/mol. The lowest BCUT2D eigenvalue weighted by atomic mass is 9.96. The summed E-state index contributed by atoms with van der Waals surface area (Å²) in [5, 5.41) is 0. The molecule has 0 aromatic heterocycles. The third kappa shape index (κ3) is 3.51. The van der Waals surface area contributed by atoms with Crippen molar-refractivity contribution in [2.75, 3.05) is 38.0 Å². The predicted octanol–water partition coefficient (Wildman–Crippen LogP) is 4.77. The highest BCUT2D eigenvalue weighted by Gasteiger charge is 2.05. The normalized spacial score (nSPS) is 11.9. The molecule has 2 aromatic carbocycles. The molecule has 0 radical (unpaired) electrons. The molecule has 0 spiro atoms. The molecule has 2 nitrogen and oxygen atoms in total. The second kappa shape index (κ2) is 6.69. The van der Waals surface area contributed by atoms with Gasteiger partial charge in [0.1, 0.15) is 0 Å². The Hall–Kier alpha value is -2.22. The highest BCUT2D eigenvalue weighted by atomic mass is 15.1. The molecule has 0 saturated heterocycles. The Morgan fingerprint density at radius 2 is 0.818 bits per heavy atom. The molecule has 0 fully saturated rings. The maximum absolute atomic E-state index is 2.20. The SMILES string of the molecule is C/C(=C(\C)c1ccc(N(C)C)cc1)c1ccc(N(C)C)cc1. The molecule has 0 heterocycles. The van der Waals surface area contributed by atoms with Crippen molar-refractivity contribution in [2.24, 2.45) is 0 Å². The standard InChI is InChI=1S/C20H26N2/c1-15(17-7-11-19(12-8-17)21(3)4)16(2)18-9-13-20(14-10-18)22(5)6/h7-14H,1-6H3/b16-15-. The maximum Gasteiger partial charge on any atom is 0.0361 e. The van der Waals surface area contributed by atoms with Crippen molar-refractivity contribution in [3.8, 4) is 0 Å². The van der Waals surface area contributed by atoms with E-state index in [9.17, 15) is 0 Å². The van der Waals surface area contributed by atoms with Crippen molar-refractivity contribution < 1.29 is 0 Å². The van der Waals surface area contributed by atoms with Crippen LogP contribution in [0.15, 0.2) is 48.5 Å². The number of rotatable bonds is 4. The molecule has 0 unspecified atom stereocenters. The molecule has 2 rings (SSSR count). The molecule has 0 amide bonds. The second-order valence-corrected chi connectivity index (χ2v) is 6.13. The van der Waals surface area contributed by atoms with Gasteiger partial charge in [0.2, 0.25) is 0 Å². The van der Waals surface area contributed by atoms with Crippen LogP contribution in [0, 0.1) is 0 Å². The number of nitrogens with zero attached hydrogens (tertiary/aromatic N) is 2. The van der Waals surface area contributed by atoms with E-state index in [1.807, 2.05) is 0 Å². The molecule has 0 N–H and O–H groups in total. The van der Waals surface area contributed by atoms with Gasteiger partial charge in [-0.1, -0.05) is 24.3 Å². The van der Waals surface area contributed by atoms with Crippen molar-refractivity contribution in [3.05, 3.63) is 59.7 Å². The van der Waals surface area contributed by atoms with Gasteiger partial charge in [-0.05, 0) is 60.4 Å². The summed E-state index contributed by atoms with van der Waals surface area (Å²) >= 11 is 0. The molecule has 2 aromatic rings. The molecule has 2 heteroatoms. The zero-order chi connectivity index (χ0) is 16.3. The lowest BCUT2D eigenvalue weighted by molar-refractivity contribution is 1.13. The van der Waals surface area contributed by atoms with Crippen LogP contribution in [-0.2, 0) is 0 Å². The second-order valence-electron chi connectivity index (χ2n) is 6.13. The molecule has 0 aliphatic carbocycles. The fraction of sp³-hybridized carbons (Fsp3) is 0.300. The molecular weight excluding hydrogens is 268 g/mol. The van der Waals surface area contributed by atoms with Gasteiger partial charge in [0.15, 0.2) is 0 Å². The van der Waals surface area contributed by atoms with Gasteiger partial charge in [-0.3, -0.25) is 0 Å². The van der Waals surface area contributed by atoms with E-state index in [1.54, 1.807) is 0 Å². The molecule has 0 saturated carbocycles. The minimum Gasteiger partial charge on any atom is -0.378 e. The fourth-order valence-electron chi connectivity index (χ4n) is 2.45. The Bertz CT molecular complexity index is 588. The van der Waals surface area contributed by atoms with Crippen molar-refractivity contribution in [3.63, 3.8) is 0 Å². The zero-order valence-electron chi connectivity index (χ0n) is 14.5. The van der Waals surface area contributed by atoms with E-state index < -0.39 is 0 Å². The summed E-state index contributed by atoms with van der Waals surface area (Å²) in [6.45, 7) is 4.39. The van der Waals surface area contributed by atoms with Crippen LogP contribution in [0.3, 0.4) is 0 Å². The average molecular weight is 294 g/mol. The summed E-state index contributed by atoms with van der Waals surface area (Å²) in [6, 6.07) is 17.5. The van der Waals surface area contributed by atoms with Crippen LogP contribution in [-0.4, -0.2) is 28.2 Å². The van der Waals surface area contributed by atoms with Crippen LogP contribution in [0.5, 0.6) is 0 Å². The van der Waals surface area contributed by atoms with Crippen molar-refractivity contribution >= 4 is 22.5 Å². The number of allylic oxidation sites excluding steroid dienone is 2. The van der Waals surface area contributed by atoms with Gasteiger partial charge in [-0.15, -0.1) is 0 Å². The highest BCUT2D eigenvalue weighted by Crippen LogP contribution is 2.28. The van der Waals surface area contributed by atoms with Crippen molar-refractivity contribution in [1.29, 1.82) is 0 Å². The summed E-state index contributed by atoms with van der Waals surface area (Å²) in [7, 11) is 8.26. The van der Waals surface area contributed by atoms with Gasteiger partial charge < -0.3 is 9.80 Å². The van der Waals surface area contributed by atoms with Crippen LogP contribution in [0.4, 0.5) is 11.4 Å². The number of anilines is 2. The molecule has 0 atom stereocenters. The first kappa shape index (κ1) is 16.2.